The average molecular weight is 431 g/mol. The van der Waals surface area contributed by atoms with E-state index in [1.807, 2.05) is 39.8 Å². The maximum Gasteiger partial charge on any atom is 0.263 e. The Kier molecular flexibility index (Phi) is 5.99. The van der Waals surface area contributed by atoms with Crippen LogP contribution in [0.3, 0.4) is 0 Å². The fraction of sp³-hybridized carbons (Fsp3) is 0.250. The van der Waals surface area contributed by atoms with Gasteiger partial charge in [-0.3, -0.25) is 9.52 Å². The van der Waals surface area contributed by atoms with Gasteiger partial charge in [-0.15, -0.1) is 10.2 Å². The van der Waals surface area contributed by atoms with Crippen LogP contribution in [0.2, 0.25) is 0 Å². The number of carbonyl (C=O) groups excluding carboxylic acids is 1. The number of rotatable bonds is 6. The third kappa shape index (κ3) is 4.80. The molecule has 3 rings (SSSR count). The van der Waals surface area contributed by atoms with Crippen molar-refractivity contribution in [2.75, 3.05) is 10.0 Å². The van der Waals surface area contributed by atoms with Crippen molar-refractivity contribution in [1.82, 2.24) is 10.2 Å². The highest BCUT2D eigenvalue weighted by molar-refractivity contribution is 7.93. The van der Waals surface area contributed by atoms with Gasteiger partial charge in [-0.2, -0.15) is 0 Å². The number of amides is 1. The molecule has 3 aromatic rings. The van der Waals surface area contributed by atoms with Crippen LogP contribution >= 0.6 is 11.3 Å². The van der Waals surface area contributed by atoms with Crippen LogP contribution in [0, 0.1) is 20.8 Å². The number of aromatic nitrogens is 2. The minimum absolute atomic E-state index is 0.0754. The van der Waals surface area contributed by atoms with E-state index < -0.39 is 10.0 Å². The Morgan fingerprint density at radius 1 is 1.03 bits per heavy atom. The van der Waals surface area contributed by atoms with Crippen molar-refractivity contribution in [3.63, 3.8) is 0 Å². The summed E-state index contributed by atoms with van der Waals surface area (Å²) >= 11 is 1.20. The molecule has 1 amide bonds. The topological polar surface area (TPSA) is 101 Å². The largest absolute Gasteiger partial charge is 0.322 e. The van der Waals surface area contributed by atoms with Gasteiger partial charge in [0.05, 0.1) is 4.90 Å². The van der Waals surface area contributed by atoms with Crippen molar-refractivity contribution < 1.29 is 13.2 Å². The molecule has 0 radical (unpaired) electrons. The lowest BCUT2D eigenvalue weighted by Crippen LogP contribution is -2.16. The van der Waals surface area contributed by atoms with Gasteiger partial charge >= 0.3 is 0 Å². The van der Waals surface area contributed by atoms with Gasteiger partial charge in [0.25, 0.3) is 15.9 Å². The van der Waals surface area contributed by atoms with E-state index in [2.05, 4.69) is 20.2 Å². The van der Waals surface area contributed by atoms with Crippen LogP contribution in [0.4, 0.5) is 10.8 Å². The summed E-state index contributed by atoms with van der Waals surface area (Å²) in [6, 6.07) is 9.91. The predicted molar refractivity (Wildman–Crippen MR) is 115 cm³/mol. The third-order valence-corrected chi connectivity index (χ3v) is 6.78. The van der Waals surface area contributed by atoms with Gasteiger partial charge in [-0.05, 0) is 62.6 Å². The number of carbonyl (C=O) groups is 1. The molecule has 29 heavy (non-hydrogen) atoms. The van der Waals surface area contributed by atoms with E-state index in [1.54, 1.807) is 12.1 Å². The molecule has 0 spiro atoms. The van der Waals surface area contributed by atoms with Gasteiger partial charge in [-0.1, -0.05) is 36.0 Å². The second kappa shape index (κ2) is 8.30. The smallest absolute Gasteiger partial charge is 0.263 e. The molecule has 2 aromatic carbocycles. The molecule has 9 heteroatoms. The first kappa shape index (κ1) is 20.9. The molecule has 7 nitrogen and oxygen atoms in total. The minimum Gasteiger partial charge on any atom is -0.322 e. The van der Waals surface area contributed by atoms with E-state index in [0.29, 0.717) is 17.7 Å². The predicted octanol–water partition coefficient (Wildman–Crippen LogP) is 4.08. The molecule has 0 saturated heterocycles. The molecule has 1 heterocycles. The minimum atomic E-state index is -3.78. The Morgan fingerprint density at radius 3 is 2.21 bits per heavy atom. The molecule has 0 atom stereocenters. The molecule has 152 valence electrons. The number of sulfonamides is 1. The zero-order valence-electron chi connectivity index (χ0n) is 16.6. The summed E-state index contributed by atoms with van der Waals surface area (Å²) in [5.74, 6) is -0.227. The normalized spacial score (nSPS) is 11.3. The van der Waals surface area contributed by atoms with Crippen LogP contribution in [0.25, 0.3) is 0 Å². The molecule has 0 aliphatic rings. The number of hydrogen-bond donors (Lipinski definition) is 2. The highest BCUT2D eigenvalue weighted by Crippen LogP contribution is 2.22. The lowest BCUT2D eigenvalue weighted by atomic mass is 9.99. The first-order chi connectivity index (χ1) is 13.7. The number of benzene rings is 2. The van der Waals surface area contributed by atoms with Crippen LogP contribution < -0.4 is 10.0 Å². The van der Waals surface area contributed by atoms with Crippen LogP contribution in [-0.2, 0) is 16.4 Å². The van der Waals surface area contributed by atoms with E-state index in [0.717, 1.165) is 21.7 Å². The molecule has 0 unspecified atom stereocenters. The summed E-state index contributed by atoms with van der Waals surface area (Å²) in [5.41, 5.74) is 4.02. The zero-order valence-corrected chi connectivity index (χ0v) is 18.2. The number of anilines is 2. The van der Waals surface area contributed by atoms with Gasteiger partial charge in [0, 0.05) is 11.3 Å². The van der Waals surface area contributed by atoms with Gasteiger partial charge in [-0.25, -0.2) is 8.42 Å². The van der Waals surface area contributed by atoms with Crippen molar-refractivity contribution in [3.05, 3.63) is 63.7 Å². The van der Waals surface area contributed by atoms with E-state index in [4.69, 9.17) is 0 Å². The molecule has 2 N–H and O–H groups in total. The van der Waals surface area contributed by atoms with E-state index in [9.17, 15) is 13.2 Å². The second-order valence-electron chi connectivity index (χ2n) is 6.71. The molecular weight excluding hydrogens is 408 g/mol. The van der Waals surface area contributed by atoms with E-state index >= 15 is 0 Å². The summed E-state index contributed by atoms with van der Waals surface area (Å²) < 4.78 is 27.5. The highest BCUT2D eigenvalue weighted by Gasteiger charge is 2.18. The van der Waals surface area contributed by atoms with E-state index in [1.165, 1.54) is 23.5 Å². The summed E-state index contributed by atoms with van der Waals surface area (Å²) in [4.78, 5) is 12.7. The SMILES string of the molecule is CCc1nnc(NS(=O)(=O)c2ccc(NC(=O)c3c(C)cc(C)cc3C)cc2)s1. The highest BCUT2D eigenvalue weighted by atomic mass is 32.2. The summed E-state index contributed by atoms with van der Waals surface area (Å²) in [6.45, 7) is 7.70. The number of nitrogens with one attached hydrogen (secondary N) is 2. The first-order valence-electron chi connectivity index (χ1n) is 9.04. The quantitative estimate of drug-likeness (QED) is 0.614. The van der Waals surface area contributed by atoms with Crippen LogP contribution in [0.5, 0.6) is 0 Å². The Hall–Kier alpha value is -2.78. The fourth-order valence-corrected chi connectivity index (χ4v) is 4.97. The Morgan fingerprint density at radius 2 is 1.66 bits per heavy atom. The van der Waals surface area contributed by atoms with Gasteiger partial charge in [0.15, 0.2) is 0 Å². The number of aryl methyl sites for hydroxylation is 4. The van der Waals surface area contributed by atoms with Crippen molar-refractivity contribution >= 4 is 38.1 Å². The molecular formula is C20H22N4O3S2. The van der Waals surface area contributed by atoms with Gasteiger partial charge in [0.1, 0.15) is 5.01 Å². The first-order valence-corrected chi connectivity index (χ1v) is 11.3. The van der Waals surface area contributed by atoms with Gasteiger partial charge < -0.3 is 5.32 Å². The molecule has 0 bridgehead atoms. The second-order valence-corrected chi connectivity index (χ2v) is 9.46. The van der Waals surface area contributed by atoms with Crippen molar-refractivity contribution in [2.24, 2.45) is 0 Å². The molecule has 0 aliphatic carbocycles. The van der Waals surface area contributed by atoms with E-state index in [-0.39, 0.29) is 15.9 Å². The summed E-state index contributed by atoms with van der Waals surface area (Å²) in [5, 5.41) is 11.5. The maximum absolute atomic E-state index is 12.7. The van der Waals surface area contributed by atoms with Crippen molar-refractivity contribution in [2.45, 2.75) is 39.0 Å². The Labute approximate surface area is 174 Å². The number of nitrogens with zero attached hydrogens (tertiary/aromatic N) is 2. The van der Waals surface area contributed by atoms with Crippen LogP contribution in [-0.4, -0.2) is 24.5 Å². The zero-order chi connectivity index (χ0) is 21.2. The van der Waals surface area contributed by atoms with Crippen LogP contribution in [0.15, 0.2) is 41.3 Å². The lowest BCUT2D eigenvalue weighted by Gasteiger charge is -2.12. The lowest BCUT2D eigenvalue weighted by molar-refractivity contribution is 0.102. The Balaban J connectivity index is 1.75. The molecule has 0 fully saturated rings. The third-order valence-electron chi connectivity index (χ3n) is 4.32. The average Bonchev–Trinajstić information content (AvgIpc) is 3.08. The monoisotopic (exact) mass is 430 g/mol. The maximum atomic E-state index is 12.7. The van der Waals surface area contributed by atoms with Gasteiger partial charge in [0.2, 0.25) is 5.13 Å². The molecule has 0 aliphatic heterocycles. The Bertz CT molecular complexity index is 1130. The van der Waals surface area contributed by atoms with Crippen molar-refractivity contribution in [3.8, 4) is 0 Å². The summed E-state index contributed by atoms with van der Waals surface area (Å²) in [6.07, 6.45) is 0.688. The summed E-state index contributed by atoms with van der Waals surface area (Å²) in [7, 11) is -3.78. The van der Waals surface area contributed by atoms with Crippen molar-refractivity contribution in [1.29, 1.82) is 0 Å². The molecule has 0 saturated carbocycles. The fourth-order valence-electron chi connectivity index (χ4n) is 3.06. The standard InChI is InChI=1S/C20H22N4O3S2/c1-5-17-22-23-20(28-17)24-29(26,27)16-8-6-15(7-9-16)21-19(25)18-13(3)10-12(2)11-14(18)4/h6-11H,5H2,1-4H3,(H,21,25)(H,23,24). The number of hydrogen-bond acceptors (Lipinski definition) is 6. The van der Waals surface area contributed by atoms with Crippen LogP contribution in [0.1, 0.15) is 39.0 Å². The molecule has 1 aromatic heterocycles.